The fourth-order valence-corrected chi connectivity index (χ4v) is 1.40. The zero-order valence-electron chi connectivity index (χ0n) is 11.4. The molecule has 1 aromatic heterocycles. The topological polar surface area (TPSA) is 64.4 Å². The molecule has 0 saturated carbocycles. The van der Waals surface area contributed by atoms with E-state index < -0.39 is 11.9 Å². The van der Waals surface area contributed by atoms with Crippen LogP contribution in [0.2, 0.25) is 0 Å². The van der Waals surface area contributed by atoms with Crippen LogP contribution >= 0.6 is 0 Å². The normalized spacial score (nSPS) is 11.2. The third-order valence-corrected chi connectivity index (χ3v) is 2.37. The summed E-state index contributed by atoms with van der Waals surface area (Å²) >= 11 is 0. The molecule has 0 fully saturated rings. The Morgan fingerprint density at radius 1 is 1.19 bits per heavy atom. The summed E-state index contributed by atoms with van der Waals surface area (Å²) in [5.41, 5.74) is -1.15. The van der Waals surface area contributed by atoms with E-state index in [9.17, 15) is 13.2 Å². The first-order valence-electron chi connectivity index (χ1n) is 6.17. The molecule has 0 aliphatic heterocycles. The number of methoxy groups -OCH3 is 1. The molecule has 0 N–H and O–H groups in total. The van der Waals surface area contributed by atoms with Crippen molar-refractivity contribution < 1.29 is 27.4 Å². The van der Waals surface area contributed by atoms with E-state index in [1.54, 1.807) is 13.2 Å². The number of nitrogens with zero attached hydrogens (tertiary/aromatic N) is 2. The van der Waals surface area contributed by atoms with Gasteiger partial charge in [0, 0.05) is 20.3 Å². The summed E-state index contributed by atoms with van der Waals surface area (Å²) in [6, 6.07) is 3.51. The SMILES string of the molecule is COCCCOCCOc1nc(C(F)(F)F)ccc1C#N. The van der Waals surface area contributed by atoms with Gasteiger partial charge >= 0.3 is 6.18 Å². The third-order valence-electron chi connectivity index (χ3n) is 2.37. The molecule has 0 aromatic carbocycles. The lowest BCUT2D eigenvalue weighted by Crippen LogP contribution is -2.13. The zero-order chi connectivity index (χ0) is 15.7. The van der Waals surface area contributed by atoms with E-state index in [1.807, 2.05) is 0 Å². The van der Waals surface area contributed by atoms with Gasteiger partial charge in [0.25, 0.3) is 0 Å². The van der Waals surface area contributed by atoms with Crippen molar-refractivity contribution in [2.75, 3.05) is 33.5 Å². The van der Waals surface area contributed by atoms with Crippen LogP contribution in [0.3, 0.4) is 0 Å². The van der Waals surface area contributed by atoms with Gasteiger partial charge < -0.3 is 14.2 Å². The Hall–Kier alpha value is -1.85. The highest BCUT2D eigenvalue weighted by atomic mass is 19.4. The first-order chi connectivity index (χ1) is 9.99. The molecule has 0 spiro atoms. The minimum absolute atomic E-state index is 0.00989. The van der Waals surface area contributed by atoms with Crippen molar-refractivity contribution in [2.45, 2.75) is 12.6 Å². The molecule has 0 amide bonds. The highest BCUT2D eigenvalue weighted by Crippen LogP contribution is 2.29. The zero-order valence-corrected chi connectivity index (χ0v) is 11.4. The van der Waals surface area contributed by atoms with E-state index in [4.69, 9.17) is 19.5 Å². The van der Waals surface area contributed by atoms with Gasteiger partial charge in [-0.3, -0.25) is 0 Å². The fourth-order valence-electron chi connectivity index (χ4n) is 1.40. The monoisotopic (exact) mass is 304 g/mol. The minimum Gasteiger partial charge on any atom is -0.474 e. The van der Waals surface area contributed by atoms with Gasteiger partial charge in [0.15, 0.2) is 0 Å². The molecule has 0 atom stereocenters. The summed E-state index contributed by atoms with van der Waals surface area (Å²) < 4.78 is 52.7. The van der Waals surface area contributed by atoms with Gasteiger partial charge in [-0.15, -0.1) is 0 Å². The van der Waals surface area contributed by atoms with Crippen LogP contribution in [0, 0.1) is 11.3 Å². The van der Waals surface area contributed by atoms with E-state index in [0.717, 1.165) is 12.1 Å². The molecule has 1 heterocycles. The molecule has 0 aliphatic rings. The molecule has 1 rings (SSSR count). The Balaban J connectivity index is 2.51. The average Bonchev–Trinajstić information content (AvgIpc) is 2.45. The van der Waals surface area contributed by atoms with Crippen LogP contribution in [-0.4, -0.2) is 38.5 Å². The number of ether oxygens (including phenoxy) is 3. The second-order valence-electron chi connectivity index (χ2n) is 3.97. The number of hydrogen-bond donors (Lipinski definition) is 0. The number of aromatic nitrogens is 1. The minimum atomic E-state index is -4.58. The lowest BCUT2D eigenvalue weighted by Gasteiger charge is -2.10. The highest BCUT2D eigenvalue weighted by Gasteiger charge is 2.33. The van der Waals surface area contributed by atoms with Crippen molar-refractivity contribution in [1.29, 1.82) is 5.26 Å². The molecular weight excluding hydrogens is 289 g/mol. The summed E-state index contributed by atoms with van der Waals surface area (Å²) in [6.45, 7) is 1.22. The third kappa shape index (κ3) is 5.97. The van der Waals surface area contributed by atoms with Crippen molar-refractivity contribution in [3.8, 4) is 11.9 Å². The summed E-state index contributed by atoms with van der Waals surface area (Å²) in [7, 11) is 1.58. The molecule has 0 bridgehead atoms. The predicted molar refractivity (Wildman–Crippen MR) is 66.8 cm³/mol. The maximum absolute atomic E-state index is 12.5. The van der Waals surface area contributed by atoms with E-state index in [1.165, 1.54) is 0 Å². The molecule has 8 heteroatoms. The number of pyridine rings is 1. The average molecular weight is 304 g/mol. The first-order valence-corrected chi connectivity index (χ1v) is 6.17. The predicted octanol–water partition coefficient (Wildman–Crippen LogP) is 2.40. The Morgan fingerprint density at radius 3 is 2.57 bits per heavy atom. The Morgan fingerprint density at radius 2 is 1.95 bits per heavy atom. The van der Waals surface area contributed by atoms with Crippen LogP contribution in [-0.2, 0) is 15.7 Å². The van der Waals surface area contributed by atoms with Crippen LogP contribution in [0.25, 0.3) is 0 Å². The molecule has 116 valence electrons. The van der Waals surface area contributed by atoms with E-state index in [2.05, 4.69) is 4.98 Å². The van der Waals surface area contributed by atoms with Crippen LogP contribution in [0.15, 0.2) is 12.1 Å². The summed E-state index contributed by atoms with van der Waals surface area (Å²) in [5, 5.41) is 8.82. The summed E-state index contributed by atoms with van der Waals surface area (Å²) in [4.78, 5) is 3.32. The van der Waals surface area contributed by atoms with Gasteiger partial charge in [0.2, 0.25) is 5.88 Å². The van der Waals surface area contributed by atoms with E-state index >= 15 is 0 Å². The number of nitriles is 1. The second kappa shape index (κ2) is 8.44. The summed E-state index contributed by atoms with van der Waals surface area (Å²) in [5.74, 6) is -0.340. The lowest BCUT2D eigenvalue weighted by molar-refractivity contribution is -0.141. The molecule has 0 radical (unpaired) electrons. The Bertz CT molecular complexity index is 487. The van der Waals surface area contributed by atoms with Crippen LogP contribution in [0.4, 0.5) is 13.2 Å². The van der Waals surface area contributed by atoms with Gasteiger partial charge in [-0.1, -0.05) is 0 Å². The second-order valence-corrected chi connectivity index (χ2v) is 3.97. The highest BCUT2D eigenvalue weighted by molar-refractivity contribution is 5.39. The van der Waals surface area contributed by atoms with Crippen LogP contribution < -0.4 is 4.74 Å². The first kappa shape index (κ1) is 17.2. The number of rotatable bonds is 8. The van der Waals surface area contributed by atoms with Crippen LogP contribution in [0.5, 0.6) is 5.88 Å². The van der Waals surface area contributed by atoms with Crippen molar-refractivity contribution in [1.82, 2.24) is 4.98 Å². The smallest absolute Gasteiger partial charge is 0.433 e. The molecule has 21 heavy (non-hydrogen) atoms. The van der Waals surface area contributed by atoms with Gasteiger partial charge in [0.05, 0.1) is 6.61 Å². The quantitative estimate of drug-likeness (QED) is 0.690. The largest absolute Gasteiger partial charge is 0.474 e. The fraction of sp³-hybridized carbons (Fsp3) is 0.538. The maximum Gasteiger partial charge on any atom is 0.433 e. The van der Waals surface area contributed by atoms with Gasteiger partial charge in [-0.25, -0.2) is 4.98 Å². The van der Waals surface area contributed by atoms with Crippen molar-refractivity contribution in [2.24, 2.45) is 0 Å². The van der Waals surface area contributed by atoms with E-state index in [0.29, 0.717) is 19.6 Å². The number of alkyl halides is 3. The molecule has 0 saturated heterocycles. The Kier molecular flexibility index (Phi) is 6.91. The van der Waals surface area contributed by atoms with Crippen LogP contribution in [0.1, 0.15) is 17.7 Å². The standard InChI is InChI=1S/C13H15F3N2O3/c1-19-5-2-6-20-7-8-21-12-10(9-17)3-4-11(18-12)13(14,15)16/h3-4H,2,5-8H2,1H3. The number of hydrogen-bond acceptors (Lipinski definition) is 5. The lowest BCUT2D eigenvalue weighted by atomic mass is 10.2. The van der Waals surface area contributed by atoms with Crippen molar-refractivity contribution >= 4 is 0 Å². The molecule has 1 aromatic rings. The van der Waals surface area contributed by atoms with Crippen molar-refractivity contribution in [3.63, 3.8) is 0 Å². The summed E-state index contributed by atoms with van der Waals surface area (Å²) in [6.07, 6.45) is -3.87. The van der Waals surface area contributed by atoms with Gasteiger partial charge in [-0.2, -0.15) is 18.4 Å². The molecular formula is C13H15F3N2O3. The molecule has 0 unspecified atom stereocenters. The van der Waals surface area contributed by atoms with Gasteiger partial charge in [-0.05, 0) is 18.6 Å². The molecule has 0 aliphatic carbocycles. The van der Waals surface area contributed by atoms with Crippen molar-refractivity contribution in [3.05, 3.63) is 23.4 Å². The van der Waals surface area contributed by atoms with Gasteiger partial charge in [0.1, 0.15) is 23.9 Å². The Labute approximate surface area is 120 Å². The van der Waals surface area contributed by atoms with E-state index in [-0.39, 0.29) is 24.7 Å². The molecule has 5 nitrogen and oxygen atoms in total. The maximum atomic E-state index is 12.5. The number of halogens is 3.